The Kier molecular flexibility index (Phi) is 7.67. The number of ether oxygens (including phenoxy) is 2. The van der Waals surface area contributed by atoms with Crippen molar-refractivity contribution in [3.8, 4) is 22.6 Å². The fraction of sp³-hybridized carbons (Fsp3) is 0.160. The number of fused-ring (bicyclic) bond motifs is 3. The maximum Gasteiger partial charge on any atom is 0.194 e. The first-order valence-corrected chi connectivity index (χ1v) is 10.1. The number of carbonyl (C=O) groups excluding carboxylic acids is 1. The van der Waals surface area contributed by atoms with Gasteiger partial charge in [0, 0.05) is 35.9 Å². The number of nitrogens with zero attached hydrogens (tertiary/aromatic N) is 2. The second kappa shape index (κ2) is 10.4. The molecule has 0 fully saturated rings. The summed E-state index contributed by atoms with van der Waals surface area (Å²) in [6, 6.07) is 19.4. The summed E-state index contributed by atoms with van der Waals surface area (Å²) in [4.78, 5) is 13.0. The third-order valence-electron chi connectivity index (χ3n) is 5.33. The Bertz CT molecular complexity index is 1080. The highest BCUT2D eigenvalue weighted by molar-refractivity contribution is 6.22. The standard InChI is InChI=1S/C25H22N2O3.2ClH/c28-25-23-17-19(29-15-13-26-9-1-2-10-26)5-7-21(23)22-8-6-20(18-24(22)25)30-16-14-27-11-3-4-12-27;;/h1-12,17-18H,13-16H2;2*1H. The fourth-order valence-electron chi connectivity index (χ4n) is 3.79. The Balaban J connectivity index is 0.00000144. The van der Waals surface area contributed by atoms with Gasteiger partial charge in [0.2, 0.25) is 0 Å². The normalized spacial score (nSPS) is 11.2. The summed E-state index contributed by atoms with van der Waals surface area (Å²) < 4.78 is 15.9. The van der Waals surface area contributed by atoms with Gasteiger partial charge in [0.15, 0.2) is 5.78 Å². The van der Waals surface area contributed by atoms with Crippen molar-refractivity contribution in [2.45, 2.75) is 13.1 Å². The number of benzene rings is 2. The van der Waals surface area contributed by atoms with E-state index >= 15 is 0 Å². The van der Waals surface area contributed by atoms with Crippen molar-refractivity contribution in [2.24, 2.45) is 0 Å². The molecular weight excluding hydrogens is 447 g/mol. The molecule has 0 atom stereocenters. The van der Waals surface area contributed by atoms with Crippen molar-refractivity contribution >= 4 is 30.6 Å². The molecule has 1 aliphatic rings. The molecule has 32 heavy (non-hydrogen) atoms. The van der Waals surface area contributed by atoms with Gasteiger partial charge in [0.25, 0.3) is 0 Å². The molecule has 2 aromatic heterocycles. The summed E-state index contributed by atoms with van der Waals surface area (Å²) in [5.74, 6) is 1.45. The number of hydrogen-bond acceptors (Lipinski definition) is 3. The lowest BCUT2D eigenvalue weighted by Crippen LogP contribution is -2.07. The molecule has 0 unspecified atom stereocenters. The minimum absolute atomic E-state index is 0. The zero-order valence-electron chi connectivity index (χ0n) is 17.3. The van der Waals surface area contributed by atoms with Gasteiger partial charge in [-0.3, -0.25) is 4.79 Å². The van der Waals surface area contributed by atoms with Crippen LogP contribution >= 0.6 is 24.8 Å². The molecule has 2 heterocycles. The quantitative estimate of drug-likeness (QED) is 0.300. The minimum atomic E-state index is 0. The molecule has 0 saturated heterocycles. The van der Waals surface area contributed by atoms with Gasteiger partial charge in [-0.25, -0.2) is 0 Å². The van der Waals surface area contributed by atoms with Crippen molar-refractivity contribution < 1.29 is 14.3 Å². The predicted octanol–water partition coefficient (Wildman–Crippen LogP) is 5.50. The molecule has 0 bridgehead atoms. The lowest BCUT2D eigenvalue weighted by molar-refractivity contribution is 0.104. The lowest BCUT2D eigenvalue weighted by atomic mass is 10.1. The van der Waals surface area contributed by atoms with Crippen molar-refractivity contribution in [3.63, 3.8) is 0 Å². The summed E-state index contributed by atoms with van der Waals surface area (Å²) in [5.41, 5.74) is 3.28. The first kappa shape index (κ1) is 23.5. The van der Waals surface area contributed by atoms with Crippen LogP contribution in [0.25, 0.3) is 11.1 Å². The molecule has 5 nitrogen and oxygen atoms in total. The van der Waals surface area contributed by atoms with Gasteiger partial charge in [-0.15, -0.1) is 24.8 Å². The van der Waals surface area contributed by atoms with Gasteiger partial charge in [-0.1, -0.05) is 0 Å². The maximum absolute atomic E-state index is 13.0. The van der Waals surface area contributed by atoms with Crippen LogP contribution in [0.1, 0.15) is 15.9 Å². The second-order valence-corrected chi connectivity index (χ2v) is 7.28. The van der Waals surface area contributed by atoms with Crippen molar-refractivity contribution in [1.82, 2.24) is 9.13 Å². The van der Waals surface area contributed by atoms with E-state index in [4.69, 9.17) is 9.47 Å². The molecule has 4 aromatic rings. The molecule has 0 amide bonds. The van der Waals surface area contributed by atoms with Gasteiger partial charge < -0.3 is 18.6 Å². The van der Waals surface area contributed by atoms with Crippen molar-refractivity contribution in [3.05, 3.63) is 96.6 Å². The minimum Gasteiger partial charge on any atom is -0.492 e. The number of hydrogen-bond donors (Lipinski definition) is 0. The first-order valence-electron chi connectivity index (χ1n) is 10.1. The highest BCUT2D eigenvalue weighted by Gasteiger charge is 2.27. The Morgan fingerprint density at radius 1 is 0.594 bits per heavy atom. The van der Waals surface area contributed by atoms with Crippen LogP contribution < -0.4 is 9.47 Å². The first-order chi connectivity index (χ1) is 14.8. The van der Waals surface area contributed by atoms with Crippen LogP contribution in [0.5, 0.6) is 11.5 Å². The van der Waals surface area contributed by atoms with Crippen LogP contribution in [-0.2, 0) is 13.1 Å². The highest BCUT2D eigenvalue weighted by atomic mass is 35.5. The van der Waals surface area contributed by atoms with E-state index < -0.39 is 0 Å². The fourth-order valence-corrected chi connectivity index (χ4v) is 3.79. The zero-order chi connectivity index (χ0) is 20.3. The zero-order valence-corrected chi connectivity index (χ0v) is 19.0. The number of rotatable bonds is 8. The summed E-state index contributed by atoms with van der Waals surface area (Å²) in [5, 5.41) is 0. The third kappa shape index (κ3) is 4.85. The summed E-state index contributed by atoms with van der Waals surface area (Å²) in [6.07, 6.45) is 8.02. The monoisotopic (exact) mass is 470 g/mol. The van der Waals surface area contributed by atoms with Crippen LogP contribution in [0.2, 0.25) is 0 Å². The van der Waals surface area contributed by atoms with Gasteiger partial charge in [-0.2, -0.15) is 0 Å². The predicted molar refractivity (Wildman–Crippen MR) is 130 cm³/mol. The molecule has 2 aromatic carbocycles. The molecule has 5 rings (SSSR count). The Morgan fingerprint density at radius 3 is 1.41 bits per heavy atom. The SMILES string of the molecule is Cl.Cl.O=C1c2cc(OCCn3cccc3)ccc2-c2ccc(OCCn3cccc3)cc21. The summed E-state index contributed by atoms with van der Waals surface area (Å²) in [7, 11) is 0. The van der Waals surface area contributed by atoms with E-state index in [0.29, 0.717) is 35.8 Å². The van der Waals surface area contributed by atoms with E-state index in [-0.39, 0.29) is 30.6 Å². The molecule has 0 spiro atoms. The smallest absolute Gasteiger partial charge is 0.194 e. The molecule has 7 heteroatoms. The maximum atomic E-state index is 13.0. The lowest BCUT2D eigenvalue weighted by Gasteiger charge is -2.09. The van der Waals surface area contributed by atoms with Crippen molar-refractivity contribution in [2.75, 3.05) is 13.2 Å². The molecule has 0 radical (unpaired) electrons. The molecule has 166 valence electrons. The van der Waals surface area contributed by atoms with E-state index in [2.05, 4.69) is 9.13 Å². The van der Waals surface area contributed by atoms with Crippen LogP contribution in [0.3, 0.4) is 0 Å². The number of ketones is 1. The van der Waals surface area contributed by atoms with Gasteiger partial charge >= 0.3 is 0 Å². The van der Waals surface area contributed by atoms with Gasteiger partial charge in [-0.05, 0) is 71.8 Å². The average molecular weight is 471 g/mol. The Morgan fingerprint density at radius 2 is 1.00 bits per heavy atom. The van der Waals surface area contributed by atoms with Crippen LogP contribution in [0.4, 0.5) is 0 Å². The molecular formula is C25H24Cl2N2O3. The molecule has 0 aliphatic heterocycles. The van der Waals surface area contributed by atoms with Crippen molar-refractivity contribution in [1.29, 1.82) is 0 Å². The van der Waals surface area contributed by atoms with Crippen LogP contribution in [-0.4, -0.2) is 28.1 Å². The largest absolute Gasteiger partial charge is 0.492 e. The number of halogens is 2. The van der Waals surface area contributed by atoms with Crippen LogP contribution in [0, 0.1) is 0 Å². The number of carbonyl (C=O) groups is 1. The number of aromatic nitrogens is 2. The van der Waals surface area contributed by atoms with Gasteiger partial charge in [0.1, 0.15) is 24.7 Å². The summed E-state index contributed by atoms with van der Waals surface area (Å²) in [6.45, 7) is 2.63. The topological polar surface area (TPSA) is 45.4 Å². The Hall–Kier alpha value is -3.15. The molecule has 0 saturated carbocycles. The molecule has 0 N–H and O–H groups in total. The van der Waals surface area contributed by atoms with E-state index in [1.165, 1.54) is 0 Å². The molecule has 1 aliphatic carbocycles. The van der Waals surface area contributed by atoms with E-state index in [1.54, 1.807) is 0 Å². The highest BCUT2D eigenvalue weighted by Crippen LogP contribution is 2.39. The van der Waals surface area contributed by atoms with E-state index in [1.807, 2.05) is 85.5 Å². The van der Waals surface area contributed by atoms with Gasteiger partial charge in [0.05, 0.1) is 13.1 Å². The average Bonchev–Trinajstić information content (AvgIpc) is 3.51. The Labute approximate surface area is 199 Å². The third-order valence-corrected chi connectivity index (χ3v) is 5.33. The van der Waals surface area contributed by atoms with Crippen LogP contribution in [0.15, 0.2) is 85.5 Å². The van der Waals surface area contributed by atoms with E-state index in [0.717, 1.165) is 24.2 Å². The summed E-state index contributed by atoms with van der Waals surface area (Å²) >= 11 is 0. The van der Waals surface area contributed by atoms with E-state index in [9.17, 15) is 4.79 Å². The second-order valence-electron chi connectivity index (χ2n) is 7.28.